The van der Waals surface area contributed by atoms with Crippen molar-refractivity contribution < 1.29 is 44.8 Å². The van der Waals surface area contributed by atoms with Crippen LogP contribution in [0.25, 0.3) is 22.2 Å². The van der Waals surface area contributed by atoms with Crippen LogP contribution >= 0.6 is 0 Å². The van der Waals surface area contributed by atoms with Crippen molar-refractivity contribution in [3.05, 3.63) is 77.6 Å². The molecule has 3 aliphatic rings. The standard InChI is InChI=1S/C31H27F5N6O5S/c32-23-7-8-24(42(47-29(44)31(34,35)36)48(45,46)41-9-1-2-10-41)26(33)25(23)27(43)22-13-39-28-21(22)11-19(12-38-28)18-3-5-20(6-4-18)40-16-30(17-40)14-37-15-30/h3-8,11-13,37H,1-2,9-10,14-17H2,(H,38,39). The fourth-order valence-corrected chi connectivity index (χ4v) is 7.74. The molecule has 3 aliphatic heterocycles. The number of pyridine rings is 1. The molecule has 3 saturated heterocycles. The van der Waals surface area contributed by atoms with Crippen LogP contribution in [-0.2, 0) is 19.8 Å². The number of carbonyl (C=O) groups is 2. The molecule has 11 nitrogen and oxygen atoms in total. The summed E-state index contributed by atoms with van der Waals surface area (Å²) in [4.78, 5) is 39.0. The molecule has 0 atom stereocenters. The van der Waals surface area contributed by atoms with E-state index in [0.29, 0.717) is 40.3 Å². The van der Waals surface area contributed by atoms with E-state index in [9.17, 15) is 31.2 Å². The molecule has 2 aromatic carbocycles. The summed E-state index contributed by atoms with van der Waals surface area (Å²) in [6.45, 7) is 3.63. The van der Waals surface area contributed by atoms with E-state index < -0.39 is 55.5 Å². The van der Waals surface area contributed by atoms with Crippen LogP contribution in [0.1, 0.15) is 28.8 Å². The Morgan fingerprint density at radius 2 is 1.67 bits per heavy atom. The number of ketones is 1. The summed E-state index contributed by atoms with van der Waals surface area (Å²) in [7, 11) is -5.09. The second-order valence-electron chi connectivity index (χ2n) is 12.1. The molecule has 17 heteroatoms. The highest BCUT2D eigenvalue weighted by Gasteiger charge is 2.48. The van der Waals surface area contributed by atoms with Crippen molar-refractivity contribution in [1.29, 1.82) is 0 Å². The number of halogens is 5. The van der Waals surface area contributed by atoms with Gasteiger partial charge in [-0.05, 0) is 48.7 Å². The largest absolute Gasteiger partial charge is 0.493 e. The summed E-state index contributed by atoms with van der Waals surface area (Å²) in [6, 6.07) is 10.3. The number of carbonyl (C=O) groups excluding carboxylic acids is 2. The molecular formula is C31H27F5N6O5S. The number of hydrogen-bond donors (Lipinski definition) is 2. The fourth-order valence-electron chi connectivity index (χ4n) is 6.26. The van der Waals surface area contributed by atoms with Crippen molar-refractivity contribution in [3.63, 3.8) is 0 Å². The van der Waals surface area contributed by atoms with Crippen LogP contribution in [0.4, 0.5) is 33.3 Å². The van der Waals surface area contributed by atoms with Gasteiger partial charge in [-0.2, -0.15) is 25.9 Å². The van der Waals surface area contributed by atoms with E-state index in [4.69, 9.17) is 0 Å². The molecule has 252 valence electrons. The Bertz CT molecular complexity index is 2030. The molecule has 7 rings (SSSR count). The Kier molecular flexibility index (Phi) is 7.67. The first kappa shape index (κ1) is 32.0. The lowest BCUT2D eigenvalue weighted by Gasteiger charge is -2.57. The molecule has 3 fully saturated rings. The second-order valence-corrected chi connectivity index (χ2v) is 13.9. The van der Waals surface area contributed by atoms with E-state index in [0.717, 1.165) is 43.6 Å². The van der Waals surface area contributed by atoms with E-state index in [1.165, 1.54) is 0 Å². The molecule has 1 spiro atoms. The minimum atomic E-state index is -5.66. The van der Waals surface area contributed by atoms with Crippen LogP contribution in [0.2, 0.25) is 0 Å². The monoisotopic (exact) mass is 690 g/mol. The summed E-state index contributed by atoms with van der Waals surface area (Å²) in [5, 5.41) is 3.48. The topological polar surface area (TPSA) is 128 Å². The number of nitrogens with one attached hydrogen (secondary N) is 2. The lowest BCUT2D eigenvalue weighted by atomic mass is 9.74. The zero-order chi connectivity index (χ0) is 34.0. The van der Waals surface area contributed by atoms with Crippen LogP contribution in [0, 0.1) is 17.0 Å². The third-order valence-electron chi connectivity index (χ3n) is 8.89. The molecule has 2 N–H and O–H groups in total. The van der Waals surface area contributed by atoms with E-state index in [1.54, 1.807) is 12.3 Å². The molecule has 0 amide bonds. The normalized spacial score (nSPS) is 17.7. The molecular weight excluding hydrogens is 663 g/mol. The van der Waals surface area contributed by atoms with E-state index in [-0.39, 0.29) is 29.7 Å². The molecule has 48 heavy (non-hydrogen) atoms. The van der Waals surface area contributed by atoms with Gasteiger partial charge in [0, 0.05) is 79.3 Å². The first-order chi connectivity index (χ1) is 22.8. The molecule has 2 aromatic heterocycles. The van der Waals surface area contributed by atoms with Gasteiger partial charge in [-0.25, -0.2) is 18.6 Å². The van der Waals surface area contributed by atoms with E-state index in [2.05, 4.69) is 25.0 Å². The average molecular weight is 691 g/mol. The van der Waals surface area contributed by atoms with Gasteiger partial charge < -0.3 is 20.0 Å². The SMILES string of the molecule is O=C(c1c(F)ccc(N(OC(=O)C(F)(F)F)S(=O)(=O)N2CCCC2)c1F)c1c[nH]c2ncc(-c3ccc(N4CC5(CNC5)C4)cc3)cc12. The number of aromatic nitrogens is 2. The predicted octanol–water partition coefficient (Wildman–Crippen LogP) is 4.32. The van der Waals surface area contributed by atoms with Crippen LogP contribution in [0.3, 0.4) is 0 Å². The summed E-state index contributed by atoms with van der Waals surface area (Å²) >= 11 is 0. The maximum absolute atomic E-state index is 16.1. The van der Waals surface area contributed by atoms with Crippen molar-refractivity contribution in [1.82, 2.24) is 19.6 Å². The Hall–Kier alpha value is -4.61. The van der Waals surface area contributed by atoms with E-state index >= 15 is 8.78 Å². The molecule has 0 unspecified atom stereocenters. The molecule has 4 aromatic rings. The van der Waals surface area contributed by atoms with Gasteiger partial charge in [0.2, 0.25) is 5.78 Å². The Morgan fingerprint density at radius 3 is 2.29 bits per heavy atom. The molecule has 5 heterocycles. The Balaban J connectivity index is 1.22. The lowest BCUT2D eigenvalue weighted by Crippen LogP contribution is -2.71. The van der Waals surface area contributed by atoms with Gasteiger partial charge in [0.25, 0.3) is 0 Å². The van der Waals surface area contributed by atoms with Crippen molar-refractivity contribution in [2.24, 2.45) is 5.41 Å². The molecule has 0 bridgehead atoms. The number of H-pyrrole nitrogens is 1. The molecule has 0 aliphatic carbocycles. The van der Waals surface area contributed by atoms with Gasteiger partial charge >= 0.3 is 22.4 Å². The molecule has 0 radical (unpaired) electrons. The van der Waals surface area contributed by atoms with Crippen molar-refractivity contribution in [2.45, 2.75) is 19.0 Å². The zero-order valence-corrected chi connectivity index (χ0v) is 25.8. The third-order valence-corrected chi connectivity index (χ3v) is 10.6. The minimum Gasteiger partial charge on any atom is -0.370 e. The number of benzene rings is 2. The third kappa shape index (κ3) is 5.44. The highest BCUT2D eigenvalue weighted by molar-refractivity contribution is 7.90. The van der Waals surface area contributed by atoms with Gasteiger partial charge in [-0.3, -0.25) is 4.79 Å². The number of nitrogens with zero attached hydrogens (tertiary/aromatic N) is 4. The quantitative estimate of drug-likeness (QED) is 0.159. The van der Waals surface area contributed by atoms with Gasteiger partial charge in [0.15, 0.2) is 5.82 Å². The van der Waals surface area contributed by atoms with Crippen LogP contribution in [0.5, 0.6) is 0 Å². The summed E-state index contributed by atoms with van der Waals surface area (Å²) in [6.07, 6.45) is -2.26. The highest BCUT2D eigenvalue weighted by atomic mass is 32.2. The minimum absolute atomic E-state index is 0.152. The number of anilines is 2. The summed E-state index contributed by atoms with van der Waals surface area (Å²) in [5.41, 5.74) is 0.128. The van der Waals surface area contributed by atoms with Crippen LogP contribution in [0.15, 0.2) is 54.9 Å². The van der Waals surface area contributed by atoms with Crippen LogP contribution < -0.4 is 14.7 Å². The zero-order valence-electron chi connectivity index (χ0n) is 25.0. The van der Waals surface area contributed by atoms with Gasteiger partial charge in [0.1, 0.15) is 17.2 Å². The first-order valence-corrected chi connectivity index (χ1v) is 16.3. The van der Waals surface area contributed by atoms with Crippen molar-refractivity contribution in [2.75, 3.05) is 48.6 Å². The number of rotatable bonds is 8. The number of hydrogen-bond acceptors (Lipinski definition) is 8. The van der Waals surface area contributed by atoms with E-state index in [1.807, 2.05) is 24.3 Å². The number of aromatic amines is 1. The lowest BCUT2D eigenvalue weighted by molar-refractivity contribution is -0.199. The Labute approximate surface area is 270 Å². The maximum Gasteiger partial charge on any atom is 0.493 e. The Morgan fingerprint density at radius 1 is 0.979 bits per heavy atom. The predicted molar refractivity (Wildman–Crippen MR) is 163 cm³/mol. The first-order valence-electron chi connectivity index (χ1n) is 14.9. The van der Waals surface area contributed by atoms with Gasteiger partial charge in [-0.15, -0.1) is 0 Å². The summed E-state index contributed by atoms with van der Waals surface area (Å²) in [5.74, 6) is -7.50. The number of fused-ring (bicyclic) bond motifs is 1. The van der Waals surface area contributed by atoms with Crippen LogP contribution in [-0.4, -0.2) is 79.9 Å². The second kappa shape index (κ2) is 11.5. The maximum atomic E-state index is 16.1. The van der Waals surface area contributed by atoms with Crippen molar-refractivity contribution >= 4 is 44.4 Å². The van der Waals surface area contributed by atoms with Gasteiger partial charge in [0.05, 0.1) is 5.56 Å². The average Bonchev–Trinajstić information content (AvgIpc) is 3.70. The van der Waals surface area contributed by atoms with Gasteiger partial charge in [-0.1, -0.05) is 16.6 Å². The molecule has 0 saturated carbocycles. The number of alkyl halides is 3. The summed E-state index contributed by atoms with van der Waals surface area (Å²) < 4.78 is 97.3. The highest BCUT2D eigenvalue weighted by Crippen LogP contribution is 2.38. The fraction of sp³-hybridized carbons (Fsp3) is 0.323. The van der Waals surface area contributed by atoms with Crippen molar-refractivity contribution in [3.8, 4) is 11.1 Å². The smallest absolute Gasteiger partial charge is 0.370 e.